The van der Waals surface area contributed by atoms with E-state index in [-0.39, 0.29) is 11.9 Å². The van der Waals surface area contributed by atoms with E-state index in [2.05, 4.69) is 31.3 Å². The minimum atomic E-state index is -0.301. The molecule has 0 amide bonds. The number of halogens is 2. The van der Waals surface area contributed by atoms with Crippen molar-refractivity contribution in [2.24, 2.45) is 0 Å². The van der Waals surface area contributed by atoms with Crippen LogP contribution in [0, 0.1) is 12.7 Å². The summed E-state index contributed by atoms with van der Waals surface area (Å²) in [6.07, 6.45) is 1.04. The summed E-state index contributed by atoms with van der Waals surface area (Å²) in [6.45, 7) is 5.10. The van der Waals surface area contributed by atoms with E-state index in [1.807, 2.05) is 0 Å². The normalized spacial score (nSPS) is 12.6. The van der Waals surface area contributed by atoms with Crippen LogP contribution in [0.5, 0.6) is 0 Å². The van der Waals surface area contributed by atoms with Gasteiger partial charge in [0.05, 0.1) is 6.04 Å². The number of nitrogens with one attached hydrogen (secondary N) is 1. The highest BCUT2D eigenvalue weighted by molar-refractivity contribution is 7.12. The van der Waals surface area contributed by atoms with Crippen LogP contribution in [0.3, 0.4) is 0 Å². The third-order valence-electron chi connectivity index (χ3n) is 2.92. The topological polar surface area (TPSA) is 12.0 Å². The molecule has 1 aromatic carbocycles. The molecule has 4 heteroatoms. The molecule has 1 atom stereocenters. The third-order valence-corrected chi connectivity index (χ3v) is 4.31. The molecule has 0 aliphatic carbocycles. The van der Waals surface area contributed by atoms with Crippen LogP contribution in [0.15, 0.2) is 30.3 Å². The van der Waals surface area contributed by atoms with Gasteiger partial charge in [-0.05, 0) is 49.7 Å². The molecule has 0 fully saturated rings. The molecule has 0 spiro atoms. The van der Waals surface area contributed by atoms with Gasteiger partial charge >= 0.3 is 0 Å². The standard InChI is InChI=1S/C15H17ClFNS/c1-3-8-18-15(14-7-4-10(2)19-14)12-6-5-11(17)9-13(12)16/h4-7,9,15,18H,3,8H2,1-2H3. The lowest BCUT2D eigenvalue weighted by molar-refractivity contribution is 0.599. The maximum absolute atomic E-state index is 13.2. The first-order chi connectivity index (χ1) is 9.11. The van der Waals surface area contributed by atoms with Gasteiger partial charge in [0, 0.05) is 14.8 Å². The highest BCUT2D eigenvalue weighted by atomic mass is 35.5. The van der Waals surface area contributed by atoms with Gasteiger partial charge in [-0.1, -0.05) is 24.6 Å². The van der Waals surface area contributed by atoms with E-state index in [4.69, 9.17) is 11.6 Å². The number of aryl methyl sites for hydroxylation is 1. The molecular formula is C15H17ClFNS. The summed E-state index contributed by atoms with van der Waals surface area (Å²) in [7, 11) is 0. The van der Waals surface area contributed by atoms with Gasteiger partial charge in [0.1, 0.15) is 5.82 Å². The Kier molecular flexibility index (Phi) is 4.97. The van der Waals surface area contributed by atoms with Gasteiger partial charge in [0.25, 0.3) is 0 Å². The Hall–Kier alpha value is -0.900. The largest absolute Gasteiger partial charge is 0.306 e. The lowest BCUT2D eigenvalue weighted by Gasteiger charge is -2.19. The van der Waals surface area contributed by atoms with E-state index < -0.39 is 0 Å². The van der Waals surface area contributed by atoms with Gasteiger partial charge in [-0.3, -0.25) is 0 Å². The van der Waals surface area contributed by atoms with Gasteiger partial charge in [0.15, 0.2) is 0 Å². The van der Waals surface area contributed by atoms with Gasteiger partial charge in [0.2, 0.25) is 0 Å². The van der Waals surface area contributed by atoms with E-state index in [0.717, 1.165) is 18.5 Å². The molecule has 0 aliphatic rings. The average molecular weight is 298 g/mol. The molecule has 2 rings (SSSR count). The van der Waals surface area contributed by atoms with Crippen molar-refractivity contribution in [1.82, 2.24) is 5.32 Å². The van der Waals surface area contributed by atoms with Crippen LogP contribution in [0.4, 0.5) is 4.39 Å². The van der Waals surface area contributed by atoms with Crippen LogP contribution in [0.2, 0.25) is 5.02 Å². The number of hydrogen-bond donors (Lipinski definition) is 1. The zero-order valence-corrected chi connectivity index (χ0v) is 12.6. The predicted molar refractivity (Wildman–Crippen MR) is 80.6 cm³/mol. The van der Waals surface area contributed by atoms with Gasteiger partial charge in [-0.25, -0.2) is 4.39 Å². The van der Waals surface area contributed by atoms with Crippen molar-refractivity contribution in [3.63, 3.8) is 0 Å². The van der Waals surface area contributed by atoms with E-state index in [1.165, 1.54) is 21.9 Å². The third kappa shape index (κ3) is 3.56. The number of thiophene rings is 1. The number of hydrogen-bond acceptors (Lipinski definition) is 2. The predicted octanol–water partition coefficient (Wildman–Crippen LogP) is 4.94. The fourth-order valence-electron chi connectivity index (χ4n) is 2.00. The quantitative estimate of drug-likeness (QED) is 0.824. The molecule has 1 heterocycles. The van der Waals surface area contributed by atoms with Crippen molar-refractivity contribution in [2.45, 2.75) is 26.3 Å². The summed E-state index contributed by atoms with van der Waals surface area (Å²) in [4.78, 5) is 2.47. The zero-order chi connectivity index (χ0) is 13.8. The Balaban J connectivity index is 2.36. The van der Waals surface area contributed by atoms with Gasteiger partial charge in [-0.2, -0.15) is 0 Å². The molecule has 1 nitrogen and oxygen atoms in total. The Bertz CT molecular complexity index is 553. The second-order valence-corrected chi connectivity index (χ2v) is 6.23. The number of rotatable bonds is 5. The smallest absolute Gasteiger partial charge is 0.124 e. The lowest BCUT2D eigenvalue weighted by Crippen LogP contribution is -2.22. The fourth-order valence-corrected chi connectivity index (χ4v) is 3.25. The van der Waals surface area contributed by atoms with Crippen LogP contribution in [0.1, 0.15) is 34.7 Å². The molecule has 102 valence electrons. The Morgan fingerprint density at radius 1 is 1.32 bits per heavy atom. The van der Waals surface area contributed by atoms with E-state index in [0.29, 0.717) is 5.02 Å². The second-order valence-electron chi connectivity index (χ2n) is 4.50. The van der Waals surface area contributed by atoms with Crippen LogP contribution in [0.25, 0.3) is 0 Å². The molecule has 0 radical (unpaired) electrons. The van der Waals surface area contributed by atoms with E-state index in [9.17, 15) is 4.39 Å². The molecule has 1 unspecified atom stereocenters. The summed E-state index contributed by atoms with van der Waals surface area (Å²) in [5.74, 6) is -0.301. The van der Waals surface area contributed by atoms with Crippen molar-refractivity contribution in [3.05, 3.63) is 56.5 Å². The van der Waals surface area contributed by atoms with Gasteiger partial charge in [-0.15, -0.1) is 11.3 Å². The maximum Gasteiger partial charge on any atom is 0.124 e. The minimum absolute atomic E-state index is 0.0340. The molecule has 1 N–H and O–H groups in total. The molecule has 0 aliphatic heterocycles. The SMILES string of the molecule is CCCNC(c1ccc(C)s1)c1ccc(F)cc1Cl. The van der Waals surface area contributed by atoms with Crippen LogP contribution in [-0.2, 0) is 0 Å². The second kappa shape index (κ2) is 6.51. The first-order valence-corrected chi connectivity index (χ1v) is 7.56. The Morgan fingerprint density at radius 3 is 2.68 bits per heavy atom. The summed E-state index contributed by atoms with van der Waals surface area (Å²) in [5, 5.41) is 3.95. The highest BCUT2D eigenvalue weighted by Crippen LogP contribution is 2.32. The average Bonchev–Trinajstić information content (AvgIpc) is 2.78. The van der Waals surface area contributed by atoms with Gasteiger partial charge < -0.3 is 5.32 Å². The van der Waals surface area contributed by atoms with E-state index >= 15 is 0 Å². The minimum Gasteiger partial charge on any atom is -0.306 e. The molecule has 2 aromatic rings. The molecule has 0 bridgehead atoms. The van der Waals surface area contributed by atoms with Crippen molar-refractivity contribution in [2.75, 3.05) is 6.54 Å². The zero-order valence-electron chi connectivity index (χ0n) is 11.0. The number of benzene rings is 1. The molecule has 1 aromatic heterocycles. The first-order valence-electron chi connectivity index (χ1n) is 6.36. The summed E-state index contributed by atoms with van der Waals surface area (Å²) in [5.41, 5.74) is 0.929. The van der Waals surface area contributed by atoms with Crippen molar-refractivity contribution < 1.29 is 4.39 Å². The van der Waals surface area contributed by atoms with Crippen LogP contribution in [-0.4, -0.2) is 6.54 Å². The Labute approximate surface area is 122 Å². The highest BCUT2D eigenvalue weighted by Gasteiger charge is 2.18. The van der Waals surface area contributed by atoms with Crippen molar-refractivity contribution in [1.29, 1.82) is 0 Å². The van der Waals surface area contributed by atoms with Crippen LogP contribution >= 0.6 is 22.9 Å². The molecule has 0 saturated heterocycles. The first kappa shape index (κ1) is 14.5. The molecular weight excluding hydrogens is 281 g/mol. The van der Waals surface area contributed by atoms with Crippen molar-refractivity contribution >= 4 is 22.9 Å². The van der Waals surface area contributed by atoms with Crippen LogP contribution < -0.4 is 5.32 Å². The Morgan fingerprint density at radius 2 is 2.11 bits per heavy atom. The monoisotopic (exact) mass is 297 g/mol. The van der Waals surface area contributed by atoms with Crippen molar-refractivity contribution in [3.8, 4) is 0 Å². The molecule has 0 saturated carbocycles. The maximum atomic E-state index is 13.2. The lowest BCUT2D eigenvalue weighted by atomic mass is 10.0. The summed E-state index contributed by atoms with van der Waals surface area (Å²) >= 11 is 7.92. The summed E-state index contributed by atoms with van der Waals surface area (Å²) in [6, 6.07) is 8.83. The fraction of sp³-hybridized carbons (Fsp3) is 0.333. The van der Waals surface area contributed by atoms with E-state index in [1.54, 1.807) is 17.4 Å². The summed E-state index contributed by atoms with van der Waals surface area (Å²) < 4.78 is 13.2. The molecule has 19 heavy (non-hydrogen) atoms.